The molecular formula is C34H48N2O4. The number of rotatable bonds is 6. The molecule has 6 nitrogen and oxygen atoms in total. The number of fused-ring (bicyclic) bond motifs is 1. The maximum Gasteiger partial charge on any atom is 0.223 e. The van der Waals surface area contributed by atoms with E-state index in [9.17, 15) is 14.7 Å². The minimum absolute atomic E-state index is 0.0353. The van der Waals surface area contributed by atoms with Crippen LogP contribution >= 0.6 is 0 Å². The van der Waals surface area contributed by atoms with Gasteiger partial charge in [0.1, 0.15) is 11.5 Å². The minimum Gasteiger partial charge on any atom is -0.508 e. The number of phenolic OH excluding ortho intramolecular Hbond substituents is 2. The molecule has 0 saturated carbocycles. The van der Waals surface area contributed by atoms with Crippen LogP contribution in [0, 0.1) is 5.92 Å². The number of phenols is 2. The van der Waals surface area contributed by atoms with Gasteiger partial charge in [0.25, 0.3) is 0 Å². The first-order chi connectivity index (χ1) is 19.2. The largest absolute Gasteiger partial charge is 0.508 e. The van der Waals surface area contributed by atoms with Crippen molar-refractivity contribution in [1.29, 1.82) is 0 Å². The molecular weight excluding hydrogens is 500 g/mol. The van der Waals surface area contributed by atoms with Gasteiger partial charge in [-0.05, 0) is 71.7 Å². The predicted molar refractivity (Wildman–Crippen MR) is 164 cm³/mol. The fourth-order valence-electron chi connectivity index (χ4n) is 3.83. The molecule has 0 unspecified atom stereocenters. The molecule has 40 heavy (non-hydrogen) atoms. The number of nitrogens with one attached hydrogen (secondary N) is 1. The molecule has 1 aliphatic rings. The van der Waals surface area contributed by atoms with Crippen molar-refractivity contribution in [3.8, 4) is 11.5 Å². The third-order valence-electron chi connectivity index (χ3n) is 5.90. The lowest BCUT2D eigenvalue weighted by Gasteiger charge is -2.29. The molecule has 2 amide bonds. The van der Waals surface area contributed by atoms with E-state index in [2.05, 4.69) is 44.3 Å². The van der Waals surface area contributed by atoms with E-state index in [1.165, 1.54) is 11.1 Å². The molecule has 218 valence electrons. The highest BCUT2D eigenvalue weighted by atomic mass is 16.3. The summed E-state index contributed by atoms with van der Waals surface area (Å²) in [5.41, 5.74) is 4.77. The highest BCUT2D eigenvalue weighted by Crippen LogP contribution is 2.20. The Morgan fingerprint density at radius 3 is 1.70 bits per heavy atom. The van der Waals surface area contributed by atoms with Gasteiger partial charge in [-0.1, -0.05) is 83.1 Å². The van der Waals surface area contributed by atoms with Crippen molar-refractivity contribution in [2.45, 2.75) is 73.3 Å². The highest BCUT2D eigenvalue weighted by Gasteiger charge is 2.19. The summed E-state index contributed by atoms with van der Waals surface area (Å²) in [6.45, 7) is 12.0. The average molecular weight is 549 g/mol. The van der Waals surface area contributed by atoms with Crippen molar-refractivity contribution in [2.24, 2.45) is 5.92 Å². The molecule has 0 saturated heterocycles. The molecule has 0 atom stereocenters. The topological polar surface area (TPSA) is 89.9 Å². The third kappa shape index (κ3) is 13.8. The van der Waals surface area contributed by atoms with Crippen LogP contribution in [0.1, 0.15) is 69.7 Å². The molecule has 6 heteroatoms. The van der Waals surface area contributed by atoms with Gasteiger partial charge in [0.05, 0.1) is 0 Å². The van der Waals surface area contributed by atoms with E-state index in [1.54, 1.807) is 31.3 Å². The minimum atomic E-state index is 0.0353. The van der Waals surface area contributed by atoms with Gasteiger partial charge in [-0.3, -0.25) is 9.59 Å². The molecule has 0 fully saturated rings. The molecule has 0 bridgehead atoms. The Morgan fingerprint density at radius 2 is 1.23 bits per heavy atom. The summed E-state index contributed by atoms with van der Waals surface area (Å²) < 4.78 is 0. The van der Waals surface area contributed by atoms with E-state index in [-0.39, 0.29) is 23.3 Å². The van der Waals surface area contributed by atoms with Crippen LogP contribution < -0.4 is 5.32 Å². The van der Waals surface area contributed by atoms with Crippen LogP contribution in [0.25, 0.3) is 0 Å². The van der Waals surface area contributed by atoms with E-state index in [4.69, 9.17) is 5.11 Å². The first-order valence-electron chi connectivity index (χ1n) is 14.3. The van der Waals surface area contributed by atoms with Crippen LogP contribution in [0.15, 0.2) is 72.8 Å². The van der Waals surface area contributed by atoms with Crippen molar-refractivity contribution in [1.82, 2.24) is 10.2 Å². The van der Waals surface area contributed by atoms with E-state index < -0.39 is 0 Å². The summed E-state index contributed by atoms with van der Waals surface area (Å²) in [4.78, 5) is 25.2. The Balaban J connectivity index is 0.000000360. The molecule has 4 rings (SSSR count). The van der Waals surface area contributed by atoms with Gasteiger partial charge in [-0.25, -0.2) is 0 Å². The normalized spacial score (nSPS) is 11.4. The van der Waals surface area contributed by atoms with Crippen molar-refractivity contribution in [3.05, 3.63) is 95.1 Å². The summed E-state index contributed by atoms with van der Waals surface area (Å²) in [5.74, 6) is 1.59. The van der Waals surface area contributed by atoms with Gasteiger partial charge < -0.3 is 20.4 Å². The molecule has 1 heterocycles. The van der Waals surface area contributed by atoms with Gasteiger partial charge in [0.2, 0.25) is 11.8 Å². The molecule has 0 radical (unpaired) electrons. The van der Waals surface area contributed by atoms with Crippen molar-refractivity contribution in [2.75, 3.05) is 13.6 Å². The molecule has 0 spiro atoms. The highest BCUT2D eigenvalue weighted by molar-refractivity contribution is 5.77. The van der Waals surface area contributed by atoms with Gasteiger partial charge in [0.15, 0.2) is 0 Å². The van der Waals surface area contributed by atoms with Crippen molar-refractivity contribution in [3.63, 3.8) is 0 Å². The van der Waals surface area contributed by atoms with Gasteiger partial charge >= 0.3 is 0 Å². The van der Waals surface area contributed by atoms with E-state index in [0.29, 0.717) is 19.3 Å². The van der Waals surface area contributed by atoms with Crippen LogP contribution in [0.5, 0.6) is 11.5 Å². The molecule has 3 N–H and O–H groups in total. The molecule has 1 aliphatic heterocycles. The zero-order chi connectivity index (χ0) is 29.9. The maximum atomic E-state index is 12.3. The van der Waals surface area contributed by atoms with E-state index in [0.717, 1.165) is 43.0 Å². The SMILES string of the molecule is CC.CC(C)C.CNC(=O)CCc1ccc(O)cc1.O=C(CCc1ccc(O)cc1)N1CCc2ccccc2C1. The summed E-state index contributed by atoms with van der Waals surface area (Å²) in [7, 11) is 1.62. The van der Waals surface area contributed by atoms with Crippen LogP contribution in [0.2, 0.25) is 0 Å². The van der Waals surface area contributed by atoms with Crippen molar-refractivity contribution >= 4 is 11.8 Å². The standard InChI is InChI=1S/C18H19NO2.C10H13NO2.C4H10.C2H6/c20-17-8-5-14(6-9-17)7-10-18(21)19-12-11-15-3-1-2-4-16(15)13-19;1-11-10(13)7-4-8-2-5-9(12)6-3-8;1-4(2)3;1-2/h1-6,8-9,20H,7,10-13H2;2-3,5-6,12H,4,7H2,1H3,(H,11,13);4H,1-3H3;1-2H3. The fourth-order valence-corrected chi connectivity index (χ4v) is 3.83. The predicted octanol–water partition coefficient (Wildman–Crippen LogP) is 6.67. The summed E-state index contributed by atoms with van der Waals surface area (Å²) in [6.07, 6.45) is 3.38. The average Bonchev–Trinajstić information content (AvgIpc) is 2.97. The van der Waals surface area contributed by atoms with Gasteiger partial charge in [0, 0.05) is 33.0 Å². The number of aryl methyl sites for hydroxylation is 2. The van der Waals surface area contributed by atoms with Crippen LogP contribution in [-0.4, -0.2) is 40.5 Å². The zero-order valence-corrected chi connectivity index (χ0v) is 25.1. The maximum absolute atomic E-state index is 12.3. The Morgan fingerprint density at radius 1 is 0.775 bits per heavy atom. The van der Waals surface area contributed by atoms with E-state index in [1.807, 2.05) is 49.1 Å². The lowest BCUT2D eigenvalue weighted by atomic mass is 9.99. The summed E-state index contributed by atoms with van der Waals surface area (Å²) in [5, 5.41) is 20.8. The number of carbonyl (C=O) groups excluding carboxylic acids is 2. The first-order valence-corrected chi connectivity index (χ1v) is 14.3. The summed E-state index contributed by atoms with van der Waals surface area (Å²) >= 11 is 0. The Bertz CT molecular complexity index is 1120. The lowest BCUT2D eigenvalue weighted by Crippen LogP contribution is -2.36. The number of benzene rings is 3. The van der Waals surface area contributed by atoms with Gasteiger partial charge in [-0.15, -0.1) is 0 Å². The smallest absolute Gasteiger partial charge is 0.223 e. The van der Waals surface area contributed by atoms with E-state index >= 15 is 0 Å². The second kappa shape index (κ2) is 19.3. The second-order valence-electron chi connectivity index (χ2n) is 10.1. The molecule has 3 aromatic rings. The monoisotopic (exact) mass is 548 g/mol. The van der Waals surface area contributed by atoms with Crippen LogP contribution in [0.4, 0.5) is 0 Å². The van der Waals surface area contributed by atoms with Crippen molar-refractivity contribution < 1.29 is 19.8 Å². The number of hydrogen-bond acceptors (Lipinski definition) is 4. The Labute approximate surface area is 241 Å². The van der Waals surface area contributed by atoms with Crippen LogP contribution in [-0.2, 0) is 35.4 Å². The lowest BCUT2D eigenvalue weighted by molar-refractivity contribution is -0.132. The second-order valence-corrected chi connectivity index (χ2v) is 10.1. The number of amides is 2. The Hall–Kier alpha value is -3.80. The van der Waals surface area contributed by atoms with Crippen LogP contribution in [0.3, 0.4) is 0 Å². The summed E-state index contributed by atoms with van der Waals surface area (Å²) in [6, 6.07) is 22.3. The third-order valence-corrected chi connectivity index (χ3v) is 5.90. The number of hydrogen-bond donors (Lipinski definition) is 3. The number of aromatic hydroxyl groups is 2. The number of nitrogens with zero attached hydrogens (tertiary/aromatic N) is 1. The Kier molecular flexibility index (Phi) is 16.5. The molecule has 3 aromatic carbocycles. The fraction of sp³-hybridized carbons (Fsp3) is 0.412. The molecule has 0 aromatic heterocycles. The number of carbonyl (C=O) groups is 2. The zero-order valence-electron chi connectivity index (χ0n) is 25.1. The van der Waals surface area contributed by atoms with Gasteiger partial charge in [-0.2, -0.15) is 0 Å². The quantitative estimate of drug-likeness (QED) is 0.321. The first kappa shape index (κ1) is 34.2. The molecule has 0 aliphatic carbocycles.